The van der Waals surface area contributed by atoms with Crippen LogP contribution in [0.15, 0.2) is 36.7 Å². The molecule has 0 unspecified atom stereocenters. The van der Waals surface area contributed by atoms with E-state index in [-0.39, 0.29) is 5.91 Å². The van der Waals surface area contributed by atoms with Gasteiger partial charge in [-0.25, -0.2) is 0 Å². The second kappa shape index (κ2) is 4.75. The molecular formula is C13H14N2O. The maximum atomic E-state index is 10.6. The zero-order valence-electron chi connectivity index (χ0n) is 9.02. The summed E-state index contributed by atoms with van der Waals surface area (Å²) in [5, 5.41) is 2.33. The lowest BCUT2D eigenvalue weighted by atomic mass is 10.0. The number of fused-ring (bicyclic) bond motifs is 1. The average Bonchev–Trinajstić information content (AvgIpc) is 2.28. The van der Waals surface area contributed by atoms with Crippen LogP contribution in [-0.2, 0) is 11.2 Å². The first-order chi connectivity index (χ1) is 7.75. The summed E-state index contributed by atoms with van der Waals surface area (Å²) in [7, 11) is 0. The van der Waals surface area contributed by atoms with E-state index in [0.29, 0.717) is 6.42 Å². The normalized spacial score (nSPS) is 10.5. The quantitative estimate of drug-likeness (QED) is 0.846. The van der Waals surface area contributed by atoms with Crippen molar-refractivity contribution in [2.24, 2.45) is 5.73 Å². The minimum atomic E-state index is -0.231. The van der Waals surface area contributed by atoms with Gasteiger partial charge in [0.25, 0.3) is 0 Å². The Balaban J connectivity index is 2.10. The molecule has 0 atom stereocenters. The van der Waals surface area contributed by atoms with Crippen molar-refractivity contribution < 1.29 is 4.79 Å². The number of rotatable bonds is 4. The van der Waals surface area contributed by atoms with E-state index in [2.05, 4.69) is 23.2 Å². The van der Waals surface area contributed by atoms with Crippen LogP contribution in [0.25, 0.3) is 10.8 Å². The third-order valence-electron chi connectivity index (χ3n) is 2.59. The molecule has 0 saturated heterocycles. The molecule has 16 heavy (non-hydrogen) atoms. The SMILES string of the molecule is NC(=O)CCCc1ccc2cnccc2c1. The van der Waals surface area contributed by atoms with E-state index in [9.17, 15) is 4.79 Å². The Morgan fingerprint density at radius 2 is 2.12 bits per heavy atom. The van der Waals surface area contributed by atoms with Gasteiger partial charge in [0.05, 0.1) is 0 Å². The van der Waals surface area contributed by atoms with Crippen molar-refractivity contribution in [2.45, 2.75) is 19.3 Å². The number of carbonyl (C=O) groups is 1. The minimum absolute atomic E-state index is 0.231. The summed E-state index contributed by atoms with van der Waals surface area (Å²) in [6, 6.07) is 8.26. The van der Waals surface area contributed by atoms with Crippen LogP contribution in [0, 0.1) is 0 Å². The van der Waals surface area contributed by atoms with Gasteiger partial charge < -0.3 is 5.73 Å². The molecule has 2 rings (SSSR count). The molecule has 3 heteroatoms. The summed E-state index contributed by atoms with van der Waals surface area (Å²) < 4.78 is 0. The maximum Gasteiger partial charge on any atom is 0.217 e. The molecule has 0 aliphatic rings. The smallest absolute Gasteiger partial charge is 0.217 e. The van der Waals surface area contributed by atoms with Crippen molar-refractivity contribution in [3.8, 4) is 0 Å². The molecule has 1 aromatic heterocycles. The first kappa shape index (κ1) is 10.6. The third-order valence-corrected chi connectivity index (χ3v) is 2.59. The molecule has 0 radical (unpaired) electrons. The highest BCUT2D eigenvalue weighted by Gasteiger charge is 1.98. The van der Waals surface area contributed by atoms with Gasteiger partial charge in [-0.1, -0.05) is 18.2 Å². The number of pyridine rings is 1. The van der Waals surface area contributed by atoms with E-state index in [1.807, 2.05) is 12.3 Å². The number of hydrogen-bond donors (Lipinski definition) is 1. The van der Waals surface area contributed by atoms with Gasteiger partial charge in [-0.15, -0.1) is 0 Å². The largest absolute Gasteiger partial charge is 0.370 e. The predicted molar refractivity (Wildman–Crippen MR) is 63.9 cm³/mol. The number of aryl methyl sites for hydroxylation is 1. The highest BCUT2D eigenvalue weighted by molar-refractivity contribution is 5.82. The number of hydrogen-bond acceptors (Lipinski definition) is 2. The molecule has 0 fully saturated rings. The van der Waals surface area contributed by atoms with Gasteiger partial charge in [0, 0.05) is 24.2 Å². The summed E-state index contributed by atoms with van der Waals surface area (Å²) in [5.74, 6) is -0.231. The number of nitrogens with two attached hydrogens (primary N) is 1. The fourth-order valence-corrected chi connectivity index (χ4v) is 1.76. The van der Waals surface area contributed by atoms with Crippen molar-refractivity contribution in [2.75, 3.05) is 0 Å². The van der Waals surface area contributed by atoms with Gasteiger partial charge in [0.1, 0.15) is 0 Å². The number of carbonyl (C=O) groups excluding carboxylic acids is 1. The molecule has 2 N–H and O–H groups in total. The van der Waals surface area contributed by atoms with Crippen LogP contribution in [0.4, 0.5) is 0 Å². The number of amides is 1. The molecular weight excluding hydrogens is 200 g/mol. The second-order valence-electron chi connectivity index (χ2n) is 3.88. The van der Waals surface area contributed by atoms with E-state index < -0.39 is 0 Å². The molecule has 0 spiro atoms. The number of aromatic nitrogens is 1. The number of benzene rings is 1. The predicted octanol–water partition coefficient (Wildman–Crippen LogP) is 2.04. The van der Waals surface area contributed by atoms with E-state index in [0.717, 1.165) is 18.2 Å². The van der Waals surface area contributed by atoms with Crippen molar-refractivity contribution in [1.29, 1.82) is 0 Å². The fourth-order valence-electron chi connectivity index (χ4n) is 1.76. The topological polar surface area (TPSA) is 56.0 Å². The molecule has 0 aliphatic heterocycles. The Kier molecular flexibility index (Phi) is 3.15. The van der Waals surface area contributed by atoms with E-state index in [4.69, 9.17) is 5.73 Å². The molecule has 0 bridgehead atoms. The molecule has 0 aliphatic carbocycles. The molecule has 82 valence electrons. The molecule has 1 aromatic carbocycles. The lowest BCUT2D eigenvalue weighted by Crippen LogP contribution is -2.10. The second-order valence-corrected chi connectivity index (χ2v) is 3.88. The molecule has 1 amide bonds. The van der Waals surface area contributed by atoms with Crippen molar-refractivity contribution in [3.05, 3.63) is 42.2 Å². The summed E-state index contributed by atoms with van der Waals surface area (Å²) in [4.78, 5) is 14.7. The van der Waals surface area contributed by atoms with Crippen LogP contribution in [0.1, 0.15) is 18.4 Å². The average molecular weight is 214 g/mol. The Morgan fingerprint density at radius 3 is 2.94 bits per heavy atom. The lowest BCUT2D eigenvalue weighted by molar-refractivity contribution is -0.118. The van der Waals surface area contributed by atoms with Crippen LogP contribution in [0.5, 0.6) is 0 Å². The summed E-state index contributed by atoms with van der Waals surface area (Å²) in [6.45, 7) is 0. The van der Waals surface area contributed by atoms with Gasteiger partial charge in [-0.2, -0.15) is 0 Å². The van der Waals surface area contributed by atoms with Crippen LogP contribution in [-0.4, -0.2) is 10.9 Å². The lowest BCUT2D eigenvalue weighted by Gasteiger charge is -2.02. The Bertz CT molecular complexity index is 508. The Labute approximate surface area is 94.3 Å². The number of nitrogens with zero attached hydrogens (tertiary/aromatic N) is 1. The Hall–Kier alpha value is -1.90. The zero-order chi connectivity index (χ0) is 11.4. The third kappa shape index (κ3) is 2.57. The standard InChI is InChI=1S/C13H14N2O/c14-13(16)3-1-2-10-4-5-12-9-15-7-6-11(12)8-10/h4-9H,1-3H2,(H2,14,16). The molecule has 3 nitrogen and oxygen atoms in total. The molecule has 1 heterocycles. The summed E-state index contributed by atoms with van der Waals surface area (Å²) in [5.41, 5.74) is 6.34. The highest BCUT2D eigenvalue weighted by atomic mass is 16.1. The summed E-state index contributed by atoms with van der Waals surface area (Å²) in [6.07, 6.45) is 5.79. The molecule has 2 aromatic rings. The van der Waals surface area contributed by atoms with Gasteiger partial charge >= 0.3 is 0 Å². The first-order valence-electron chi connectivity index (χ1n) is 5.37. The van der Waals surface area contributed by atoms with E-state index in [1.165, 1.54) is 10.9 Å². The first-order valence-corrected chi connectivity index (χ1v) is 5.37. The molecule has 0 saturated carbocycles. The maximum absolute atomic E-state index is 10.6. The van der Waals surface area contributed by atoms with Crippen LogP contribution in [0.2, 0.25) is 0 Å². The minimum Gasteiger partial charge on any atom is -0.370 e. The van der Waals surface area contributed by atoms with E-state index in [1.54, 1.807) is 6.20 Å². The number of primary amides is 1. The van der Waals surface area contributed by atoms with Gasteiger partial charge in [-0.05, 0) is 29.9 Å². The van der Waals surface area contributed by atoms with Crippen LogP contribution < -0.4 is 5.73 Å². The highest BCUT2D eigenvalue weighted by Crippen LogP contribution is 2.15. The van der Waals surface area contributed by atoms with Gasteiger partial charge in [-0.3, -0.25) is 9.78 Å². The fraction of sp³-hybridized carbons (Fsp3) is 0.231. The van der Waals surface area contributed by atoms with E-state index >= 15 is 0 Å². The summed E-state index contributed by atoms with van der Waals surface area (Å²) >= 11 is 0. The monoisotopic (exact) mass is 214 g/mol. The van der Waals surface area contributed by atoms with Crippen molar-refractivity contribution in [1.82, 2.24) is 4.98 Å². The zero-order valence-corrected chi connectivity index (χ0v) is 9.02. The van der Waals surface area contributed by atoms with Crippen LogP contribution >= 0.6 is 0 Å². The van der Waals surface area contributed by atoms with Crippen molar-refractivity contribution >= 4 is 16.7 Å². The van der Waals surface area contributed by atoms with Crippen LogP contribution in [0.3, 0.4) is 0 Å². The van der Waals surface area contributed by atoms with Crippen molar-refractivity contribution in [3.63, 3.8) is 0 Å². The van der Waals surface area contributed by atoms with Gasteiger partial charge in [0.15, 0.2) is 0 Å². The Morgan fingerprint density at radius 1 is 1.25 bits per heavy atom. The van der Waals surface area contributed by atoms with Gasteiger partial charge in [0.2, 0.25) is 5.91 Å².